The summed E-state index contributed by atoms with van der Waals surface area (Å²) >= 11 is 0. The van der Waals surface area contributed by atoms with Gasteiger partial charge in [0.25, 0.3) is 0 Å². The molecule has 234 valence electrons. The lowest BCUT2D eigenvalue weighted by Crippen LogP contribution is -2.53. The van der Waals surface area contributed by atoms with E-state index in [0.29, 0.717) is 35.2 Å². The van der Waals surface area contributed by atoms with E-state index in [2.05, 4.69) is 20.1 Å². The summed E-state index contributed by atoms with van der Waals surface area (Å²) in [7, 11) is 0. The molecule has 45 heavy (non-hydrogen) atoms. The Bertz CT molecular complexity index is 1770. The van der Waals surface area contributed by atoms with Crippen molar-refractivity contribution < 1.29 is 27.5 Å². The van der Waals surface area contributed by atoms with Crippen LogP contribution >= 0.6 is 0 Å². The number of imidazole rings is 1. The molecular weight excluding hydrogens is 589 g/mol. The molecule has 0 spiro atoms. The predicted molar refractivity (Wildman–Crippen MR) is 160 cm³/mol. The molecule has 6 rings (SSSR count). The van der Waals surface area contributed by atoms with Crippen molar-refractivity contribution in [3.05, 3.63) is 77.5 Å². The van der Waals surface area contributed by atoms with Crippen LogP contribution in [0.3, 0.4) is 0 Å². The lowest BCUT2D eigenvalue weighted by Gasteiger charge is -2.34. The predicted octanol–water partition coefficient (Wildman–Crippen LogP) is 4.84. The van der Waals surface area contributed by atoms with Gasteiger partial charge in [-0.1, -0.05) is 0 Å². The molecule has 0 aliphatic carbocycles. The first-order chi connectivity index (χ1) is 21.4. The number of hydrogen-bond donors (Lipinski definition) is 0. The van der Waals surface area contributed by atoms with E-state index < -0.39 is 35.5 Å². The monoisotopic (exact) mass is 620 g/mol. The fraction of sp³-hybridized carbons (Fsp3) is 0.355. The topological polar surface area (TPSA) is 109 Å². The average molecular weight is 621 g/mol. The van der Waals surface area contributed by atoms with Crippen molar-refractivity contribution in [2.45, 2.75) is 45.0 Å². The van der Waals surface area contributed by atoms with Gasteiger partial charge in [-0.05, 0) is 63.3 Å². The quantitative estimate of drug-likeness (QED) is 0.312. The van der Waals surface area contributed by atoms with E-state index >= 15 is 0 Å². The summed E-state index contributed by atoms with van der Waals surface area (Å²) < 4.78 is 50.0. The SMILES string of the molecule is CC(C)(C)OC(=O)N1CCN(c2cnc(/C=C/c3cnc4ccc(N5C[C@@H](F)C[C@@H]5c5cc(F)ccc5F)nn34)cn2)C(=O)C1. The van der Waals surface area contributed by atoms with Crippen LogP contribution in [0.4, 0.5) is 29.6 Å². The standard InChI is InChI=1S/C31H31F3N8O3/c1-31(2,3)45-30(44)39-10-11-40(29(43)18-39)28-16-35-21(14-36-28)5-6-22-15-37-26-8-9-27(38-42(22)26)41-17-20(33)13-25(41)23-12-19(32)4-7-24(23)34/h4-9,12,14-16,20,25H,10-11,13,17-18H2,1-3H3/b6-5+/t20-,25+/m0/s1. The highest BCUT2D eigenvalue weighted by atomic mass is 19.1. The minimum absolute atomic E-state index is 0.0104. The van der Waals surface area contributed by atoms with Gasteiger partial charge in [-0.3, -0.25) is 19.6 Å². The van der Waals surface area contributed by atoms with Gasteiger partial charge in [-0.2, -0.15) is 0 Å². The summed E-state index contributed by atoms with van der Waals surface area (Å²) in [5, 5.41) is 4.64. The number of amides is 2. The molecule has 2 atom stereocenters. The zero-order valence-corrected chi connectivity index (χ0v) is 24.9. The van der Waals surface area contributed by atoms with E-state index in [1.807, 2.05) is 0 Å². The second kappa shape index (κ2) is 11.8. The maximum absolute atomic E-state index is 14.6. The van der Waals surface area contributed by atoms with Crippen LogP contribution in [-0.2, 0) is 9.53 Å². The highest BCUT2D eigenvalue weighted by Gasteiger charge is 2.36. The van der Waals surface area contributed by atoms with Crippen molar-refractivity contribution >= 4 is 41.4 Å². The van der Waals surface area contributed by atoms with Crippen LogP contribution in [0.5, 0.6) is 0 Å². The minimum Gasteiger partial charge on any atom is -0.444 e. The van der Waals surface area contributed by atoms with Crippen LogP contribution in [0.2, 0.25) is 0 Å². The number of fused-ring (bicyclic) bond motifs is 1. The Labute approximate surface area is 256 Å². The first-order valence-electron chi connectivity index (χ1n) is 14.4. The normalized spacial score (nSPS) is 19.2. The summed E-state index contributed by atoms with van der Waals surface area (Å²) in [6.07, 6.45) is 6.29. The van der Waals surface area contributed by atoms with Gasteiger partial charge >= 0.3 is 6.09 Å². The van der Waals surface area contributed by atoms with E-state index in [1.165, 1.54) is 22.2 Å². The summed E-state index contributed by atoms with van der Waals surface area (Å²) in [6, 6.07) is 5.86. The van der Waals surface area contributed by atoms with Crippen LogP contribution in [0.1, 0.15) is 50.2 Å². The number of ether oxygens (including phenoxy) is 1. The van der Waals surface area contributed by atoms with Gasteiger partial charge in [-0.25, -0.2) is 32.4 Å². The molecule has 2 aliphatic heterocycles. The Hall–Kier alpha value is -5.01. The van der Waals surface area contributed by atoms with E-state index in [4.69, 9.17) is 4.74 Å². The number of aromatic nitrogens is 5. The molecule has 2 fully saturated rings. The third-order valence-electron chi connectivity index (χ3n) is 7.47. The van der Waals surface area contributed by atoms with Crippen molar-refractivity contribution in [1.29, 1.82) is 0 Å². The van der Waals surface area contributed by atoms with Crippen molar-refractivity contribution in [1.82, 2.24) is 29.5 Å². The number of alkyl halides is 1. The number of nitrogens with zero attached hydrogens (tertiary/aromatic N) is 8. The summed E-state index contributed by atoms with van der Waals surface area (Å²) in [5.41, 5.74) is 1.06. The molecule has 2 saturated heterocycles. The Kier molecular flexibility index (Phi) is 7.89. The van der Waals surface area contributed by atoms with E-state index in [-0.39, 0.29) is 37.5 Å². The van der Waals surface area contributed by atoms with Gasteiger partial charge in [0.1, 0.15) is 35.8 Å². The number of halogens is 3. The van der Waals surface area contributed by atoms with Crippen LogP contribution in [0, 0.1) is 11.6 Å². The Morgan fingerprint density at radius 2 is 1.82 bits per heavy atom. The smallest absolute Gasteiger partial charge is 0.410 e. The van der Waals surface area contributed by atoms with E-state index in [1.54, 1.807) is 60.7 Å². The molecule has 5 heterocycles. The minimum atomic E-state index is -1.23. The second-order valence-electron chi connectivity index (χ2n) is 11.9. The van der Waals surface area contributed by atoms with Crippen LogP contribution in [0.15, 0.2) is 48.9 Å². The number of carbonyl (C=O) groups excluding carboxylic acids is 2. The van der Waals surface area contributed by atoms with Crippen LogP contribution < -0.4 is 9.80 Å². The molecular formula is C31H31F3N8O3. The number of benzene rings is 1. The molecule has 1 aromatic carbocycles. The third kappa shape index (κ3) is 6.44. The molecule has 3 aromatic heterocycles. The molecule has 0 unspecified atom stereocenters. The van der Waals surface area contributed by atoms with Gasteiger partial charge in [0.15, 0.2) is 11.5 Å². The number of hydrogen-bond acceptors (Lipinski definition) is 8. The third-order valence-corrected chi connectivity index (χ3v) is 7.47. The maximum Gasteiger partial charge on any atom is 0.410 e. The summed E-state index contributed by atoms with van der Waals surface area (Å²) in [4.78, 5) is 42.7. The Morgan fingerprint density at radius 3 is 2.56 bits per heavy atom. The first kappa shape index (κ1) is 30.0. The Morgan fingerprint density at radius 1 is 1.00 bits per heavy atom. The highest BCUT2D eigenvalue weighted by Crippen LogP contribution is 2.38. The summed E-state index contributed by atoms with van der Waals surface area (Å²) in [5.74, 6) is -0.737. The van der Waals surface area contributed by atoms with Gasteiger partial charge in [0.05, 0.1) is 42.6 Å². The molecule has 0 N–H and O–H groups in total. The Balaban J connectivity index is 1.16. The van der Waals surface area contributed by atoms with Crippen molar-refractivity contribution in [3.8, 4) is 0 Å². The lowest BCUT2D eigenvalue weighted by atomic mass is 10.0. The lowest BCUT2D eigenvalue weighted by molar-refractivity contribution is -0.121. The average Bonchev–Trinajstić information content (AvgIpc) is 3.59. The fourth-order valence-corrected chi connectivity index (χ4v) is 5.38. The summed E-state index contributed by atoms with van der Waals surface area (Å²) in [6.45, 7) is 5.72. The van der Waals surface area contributed by atoms with Gasteiger partial charge in [0, 0.05) is 25.1 Å². The van der Waals surface area contributed by atoms with E-state index in [9.17, 15) is 22.8 Å². The molecule has 0 saturated carbocycles. The first-order valence-corrected chi connectivity index (χ1v) is 14.4. The fourth-order valence-electron chi connectivity index (χ4n) is 5.38. The zero-order valence-electron chi connectivity index (χ0n) is 24.9. The van der Waals surface area contributed by atoms with Crippen LogP contribution in [0.25, 0.3) is 17.8 Å². The molecule has 14 heteroatoms. The molecule has 4 aromatic rings. The number of rotatable bonds is 5. The maximum atomic E-state index is 14.6. The zero-order chi connectivity index (χ0) is 31.9. The number of anilines is 2. The molecule has 2 amide bonds. The van der Waals surface area contributed by atoms with E-state index in [0.717, 1.165) is 18.2 Å². The van der Waals surface area contributed by atoms with Crippen molar-refractivity contribution in [2.75, 3.05) is 36.0 Å². The van der Waals surface area contributed by atoms with Crippen molar-refractivity contribution in [2.24, 2.45) is 0 Å². The second-order valence-corrected chi connectivity index (χ2v) is 11.9. The number of carbonyl (C=O) groups is 2. The molecule has 0 bridgehead atoms. The molecule has 11 nitrogen and oxygen atoms in total. The largest absolute Gasteiger partial charge is 0.444 e. The van der Waals surface area contributed by atoms with Gasteiger partial charge in [0.2, 0.25) is 5.91 Å². The van der Waals surface area contributed by atoms with Crippen molar-refractivity contribution in [3.63, 3.8) is 0 Å². The molecule has 0 radical (unpaired) electrons. The van der Waals surface area contributed by atoms with Gasteiger partial charge in [-0.15, -0.1) is 5.10 Å². The molecule has 2 aliphatic rings. The van der Waals surface area contributed by atoms with Crippen LogP contribution in [-0.4, -0.2) is 79.4 Å². The van der Waals surface area contributed by atoms with Gasteiger partial charge < -0.3 is 9.64 Å². The number of piperazine rings is 1. The highest BCUT2D eigenvalue weighted by molar-refractivity contribution is 5.96.